The van der Waals surface area contributed by atoms with E-state index in [2.05, 4.69) is 9.71 Å². The molecule has 31 heavy (non-hydrogen) atoms. The predicted molar refractivity (Wildman–Crippen MR) is 112 cm³/mol. The highest BCUT2D eigenvalue weighted by molar-refractivity contribution is 7.89. The van der Waals surface area contributed by atoms with Crippen LogP contribution in [0.25, 0.3) is 0 Å². The Bertz CT molecular complexity index is 1040. The van der Waals surface area contributed by atoms with Crippen molar-refractivity contribution in [3.05, 3.63) is 42.4 Å². The largest absolute Gasteiger partial charge is 0.452 e. The number of para-hydroxylation sites is 1. The lowest BCUT2D eigenvalue weighted by molar-refractivity contribution is -0.153. The summed E-state index contributed by atoms with van der Waals surface area (Å²) in [4.78, 5) is 30.2. The molecule has 0 radical (unpaired) electrons. The summed E-state index contributed by atoms with van der Waals surface area (Å²) in [5.41, 5.74) is 0.587. The topological polar surface area (TPSA) is 134 Å². The van der Waals surface area contributed by atoms with Gasteiger partial charge < -0.3 is 14.2 Å². The van der Waals surface area contributed by atoms with Crippen LogP contribution in [-0.2, 0) is 31.4 Å². The molecule has 1 aromatic heterocycles. The maximum Gasteiger partial charge on any atom is 0.307 e. The van der Waals surface area contributed by atoms with E-state index < -0.39 is 28.0 Å². The van der Waals surface area contributed by atoms with Gasteiger partial charge in [0.05, 0.1) is 18.9 Å². The average Bonchev–Trinajstić information content (AvgIpc) is 3.08. The third-order valence-corrected chi connectivity index (χ3v) is 5.75. The molecule has 0 bridgehead atoms. The fourth-order valence-corrected chi connectivity index (χ4v) is 3.75. The SMILES string of the molecule is Cc1nc(S(=O)(=O)NCCC(=O)OC(C)C(=O)N(CCC#N)c2ccccc2)cn1C. The molecule has 2 rings (SSSR count). The number of sulfonamides is 1. The number of benzene rings is 1. The van der Waals surface area contributed by atoms with Crippen molar-refractivity contribution in [1.29, 1.82) is 5.26 Å². The van der Waals surface area contributed by atoms with Crippen molar-refractivity contribution in [3.63, 3.8) is 0 Å². The molecule has 10 nitrogen and oxygen atoms in total. The number of rotatable bonds is 10. The molecule has 0 saturated carbocycles. The number of hydrogen-bond acceptors (Lipinski definition) is 7. The molecule has 166 valence electrons. The summed E-state index contributed by atoms with van der Waals surface area (Å²) in [6, 6.07) is 10.7. The molecule has 1 heterocycles. The lowest BCUT2D eigenvalue weighted by Crippen LogP contribution is -2.41. The van der Waals surface area contributed by atoms with Gasteiger partial charge in [0.15, 0.2) is 11.1 Å². The van der Waals surface area contributed by atoms with E-state index in [9.17, 15) is 18.0 Å². The number of nitrogens with one attached hydrogen (secondary N) is 1. The van der Waals surface area contributed by atoms with Gasteiger partial charge in [-0.3, -0.25) is 9.59 Å². The maximum atomic E-state index is 12.8. The minimum atomic E-state index is -3.86. The first-order valence-electron chi connectivity index (χ1n) is 9.58. The van der Waals surface area contributed by atoms with Crippen molar-refractivity contribution >= 4 is 27.6 Å². The van der Waals surface area contributed by atoms with E-state index in [-0.39, 0.29) is 31.0 Å². The Morgan fingerprint density at radius 3 is 2.58 bits per heavy atom. The van der Waals surface area contributed by atoms with E-state index in [1.807, 2.05) is 6.07 Å². The maximum absolute atomic E-state index is 12.8. The second kappa shape index (κ2) is 10.7. The fourth-order valence-electron chi connectivity index (χ4n) is 2.68. The number of nitrogens with zero attached hydrogens (tertiary/aromatic N) is 4. The summed E-state index contributed by atoms with van der Waals surface area (Å²) in [5, 5.41) is 8.72. The summed E-state index contributed by atoms with van der Waals surface area (Å²) >= 11 is 0. The van der Waals surface area contributed by atoms with Gasteiger partial charge >= 0.3 is 5.97 Å². The van der Waals surface area contributed by atoms with Gasteiger partial charge in [0.1, 0.15) is 5.82 Å². The Morgan fingerprint density at radius 1 is 1.32 bits per heavy atom. The third kappa shape index (κ3) is 6.63. The van der Waals surface area contributed by atoms with E-state index in [1.54, 1.807) is 48.9 Å². The first-order valence-corrected chi connectivity index (χ1v) is 11.1. The second-order valence-electron chi connectivity index (χ2n) is 6.75. The number of hydrogen-bond donors (Lipinski definition) is 1. The highest BCUT2D eigenvalue weighted by Gasteiger charge is 2.25. The van der Waals surface area contributed by atoms with Crippen molar-refractivity contribution in [1.82, 2.24) is 14.3 Å². The number of amides is 1. The van der Waals surface area contributed by atoms with Gasteiger partial charge in [0, 0.05) is 32.0 Å². The van der Waals surface area contributed by atoms with Crippen LogP contribution in [0.5, 0.6) is 0 Å². The number of anilines is 1. The molecule has 0 aliphatic rings. The van der Waals surface area contributed by atoms with Crippen LogP contribution in [0.4, 0.5) is 5.69 Å². The molecule has 0 fully saturated rings. The van der Waals surface area contributed by atoms with Gasteiger partial charge in [0.25, 0.3) is 15.9 Å². The standard InChI is InChI=1S/C20H25N5O5S/c1-15(20(27)25(13-7-11-21)17-8-5-4-6-9-17)30-19(26)10-12-22-31(28,29)18-14-24(3)16(2)23-18/h4-6,8-9,14-15,22H,7,10,12-13H2,1-3H3. The number of imidazole rings is 1. The van der Waals surface area contributed by atoms with E-state index >= 15 is 0 Å². The Morgan fingerprint density at radius 2 is 2.00 bits per heavy atom. The van der Waals surface area contributed by atoms with E-state index in [4.69, 9.17) is 10.00 Å². The van der Waals surface area contributed by atoms with Crippen molar-refractivity contribution in [3.8, 4) is 6.07 Å². The number of nitriles is 1. The molecule has 0 aliphatic heterocycles. The molecule has 0 aliphatic carbocycles. The zero-order valence-electron chi connectivity index (χ0n) is 17.6. The van der Waals surface area contributed by atoms with Crippen molar-refractivity contribution in [2.75, 3.05) is 18.0 Å². The molecular formula is C20H25N5O5S. The minimum Gasteiger partial charge on any atom is -0.452 e. The first-order chi connectivity index (χ1) is 14.7. The average molecular weight is 448 g/mol. The molecule has 1 atom stereocenters. The van der Waals surface area contributed by atoms with Crippen LogP contribution in [-0.4, -0.2) is 49.0 Å². The molecule has 1 aromatic carbocycles. The second-order valence-corrected chi connectivity index (χ2v) is 8.46. The van der Waals surface area contributed by atoms with Gasteiger partial charge in [-0.1, -0.05) is 18.2 Å². The van der Waals surface area contributed by atoms with E-state index in [0.717, 1.165) is 0 Å². The predicted octanol–water partition coefficient (Wildman–Crippen LogP) is 1.28. The van der Waals surface area contributed by atoms with E-state index in [1.165, 1.54) is 18.0 Å². The highest BCUT2D eigenvalue weighted by atomic mass is 32.2. The summed E-state index contributed by atoms with van der Waals surface area (Å²) < 4.78 is 33.5. The summed E-state index contributed by atoms with van der Waals surface area (Å²) in [5.74, 6) is -0.667. The van der Waals surface area contributed by atoms with Gasteiger partial charge in [-0.25, -0.2) is 18.1 Å². The van der Waals surface area contributed by atoms with Crippen LogP contribution in [0.2, 0.25) is 0 Å². The van der Waals surface area contributed by atoms with E-state index in [0.29, 0.717) is 11.5 Å². The molecular weight excluding hydrogens is 422 g/mol. The quantitative estimate of drug-likeness (QED) is 0.542. The molecule has 1 unspecified atom stereocenters. The summed E-state index contributed by atoms with van der Waals surface area (Å²) in [7, 11) is -2.18. The van der Waals surface area contributed by atoms with Gasteiger partial charge in [-0.05, 0) is 26.0 Å². The lowest BCUT2D eigenvalue weighted by atomic mass is 10.2. The Balaban J connectivity index is 1.91. The van der Waals surface area contributed by atoms with Crippen LogP contribution in [0.1, 0.15) is 25.6 Å². The first kappa shape index (κ1) is 24.0. The smallest absolute Gasteiger partial charge is 0.307 e. The number of carbonyl (C=O) groups is 2. The molecule has 0 spiro atoms. The van der Waals surface area contributed by atoms with Crippen LogP contribution >= 0.6 is 0 Å². The summed E-state index contributed by atoms with van der Waals surface area (Å²) in [6.45, 7) is 3.06. The summed E-state index contributed by atoms with van der Waals surface area (Å²) in [6.07, 6.45) is 0.139. The van der Waals surface area contributed by atoms with Gasteiger partial charge in [0.2, 0.25) is 0 Å². The fraction of sp³-hybridized carbons (Fsp3) is 0.400. The van der Waals surface area contributed by atoms with Crippen LogP contribution in [0, 0.1) is 18.3 Å². The Hall–Kier alpha value is -3.23. The Labute approximate surface area is 181 Å². The van der Waals surface area contributed by atoms with Gasteiger partial charge in [-0.15, -0.1) is 0 Å². The van der Waals surface area contributed by atoms with Crippen LogP contribution < -0.4 is 9.62 Å². The van der Waals surface area contributed by atoms with Crippen molar-refractivity contribution in [2.45, 2.75) is 37.8 Å². The Kier molecular flexibility index (Phi) is 8.30. The molecule has 0 saturated heterocycles. The number of carbonyl (C=O) groups excluding carboxylic acids is 2. The molecule has 2 aromatic rings. The lowest BCUT2D eigenvalue weighted by Gasteiger charge is -2.25. The molecule has 11 heteroatoms. The number of esters is 1. The minimum absolute atomic E-state index is 0.121. The van der Waals surface area contributed by atoms with Crippen LogP contribution in [0.15, 0.2) is 41.6 Å². The third-order valence-electron chi connectivity index (χ3n) is 4.42. The number of aryl methyl sites for hydroxylation is 2. The molecule has 1 N–H and O–H groups in total. The van der Waals surface area contributed by atoms with Gasteiger partial charge in [-0.2, -0.15) is 5.26 Å². The molecule has 1 amide bonds. The zero-order valence-corrected chi connectivity index (χ0v) is 18.4. The highest BCUT2D eigenvalue weighted by Crippen LogP contribution is 2.16. The zero-order chi connectivity index (χ0) is 23.0. The normalized spacial score (nSPS) is 12.1. The van der Waals surface area contributed by atoms with Crippen molar-refractivity contribution in [2.24, 2.45) is 7.05 Å². The number of aromatic nitrogens is 2. The van der Waals surface area contributed by atoms with Crippen molar-refractivity contribution < 1.29 is 22.7 Å². The monoisotopic (exact) mass is 447 g/mol. The number of ether oxygens (including phenoxy) is 1. The van der Waals surface area contributed by atoms with Crippen LogP contribution in [0.3, 0.4) is 0 Å².